The smallest absolute Gasteiger partial charge is 0.343 e. The summed E-state index contributed by atoms with van der Waals surface area (Å²) in [6, 6.07) is 0.426. The number of esters is 1. The Morgan fingerprint density at radius 2 is 1.96 bits per heavy atom. The van der Waals surface area contributed by atoms with Gasteiger partial charge >= 0.3 is 5.97 Å². The SMILES string of the molecule is CCOC(=O)/C(=C\NC1CC1)C(=O)c1c(F)cc(F)c(F)c1C. The zero-order valence-corrected chi connectivity index (χ0v) is 12.7. The van der Waals surface area contributed by atoms with Gasteiger partial charge in [-0.2, -0.15) is 0 Å². The summed E-state index contributed by atoms with van der Waals surface area (Å²) in [4.78, 5) is 24.4. The molecule has 0 heterocycles. The molecule has 0 unspecified atom stereocenters. The molecule has 0 aromatic heterocycles. The van der Waals surface area contributed by atoms with E-state index < -0.39 is 45.9 Å². The molecule has 1 aromatic rings. The van der Waals surface area contributed by atoms with Crippen LogP contribution in [0.15, 0.2) is 17.8 Å². The van der Waals surface area contributed by atoms with Crippen molar-refractivity contribution in [2.24, 2.45) is 0 Å². The Kier molecular flexibility index (Phi) is 5.08. The van der Waals surface area contributed by atoms with Gasteiger partial charge in [0.1, 0.15) is 11.4 Å². The molecule has 124 valence electrons. The fourth-order valence-electron chi connectivity index (χ4n) is 2.01. The lowest BCUT2D eigenvalue weighted by Gasteiger charge is -2.11. The molecule has 1 aromatic carbocycles. The van der Waals surface area contributed by atoms with E-state index in [1.807, 2.05) is 0 Å². The van der Waals surface area contributed by atoms with Crippen molar-refractivity contribution in [1.82, 2.24) is 5.32 Å². The number of nitrogens with one attached hydrogen (secondary N) is 1. The minimum Gasteiger partial charge on any atom is -0.462 e. The van der Waals surface area contributed by atoms with Crippen molar-refractivity contribution in [3.8, 4) is 0 Å². The Labute approximate surface area is 131 Å². The van der Waals surface area contributed by atoms with Crippen LogP contribution in [0.1, 0.15) is 35.7 Å². The second-order valence-corrected chi connectivity index (χ2v) is 5.20. The maximum atomic E-state index is 13.9. The van der Waals surface area contributed by atoms with Crippen LogP contribution < -0.4 is 5.32 Å². The Balaban J connectivity index is 2.42. The maximum absolute atomic E-state index is 13.9. The van der Waals surface area contributed by atoms with Gasteiger partial charge in [0.05, 0.1) is 12.2 Å². The summed E-state index contributed by atoms with van der Waals surface area (Å²) >= 11 is 0. The van der Waals surface area contributed by atoms with E-state index in [2.05, 4.69) is 5.32 Å². The van der Waals surface area contributed by atoms with Gasteiger partial charge in [0.15, 0.2) is 11.6 Å². The number of benzene rings is 1. The van der Waals surface area contributed by atoms with E-state index in [4.69, 9.17) is 4.74 Å². The van der Waals surface area contributed by atoms with Crippen molar-refractivity contribution >= 4 is 11.8 Å². The van der Waals surface area contributed by atoms with E-state index in [0.29, 0.717) is 0 Å². The molecule has 0 bridgehead atoms. The van der Waals surface area contributed by atoms with E-state index in [1.165, 1.54) is 0 Å². The summed E-state index contributed by atoms with van der Waals surface area (Å²) in [6.45, 7) is 2.65. The first kappa shape index (κ1) is 17.1. The predicted octanol–water partition coefficient (Wildman–Crippen LogP) is 2.79. The zero-order chi connectivity index (χ0) is 17.1. The molecule has 1 aliphatic rings. The van der Waals surface area contributed by atoms with Crippen LogP contribution in [0.25, 0.3) is 0 Å². The van der Waals surface area contributed by atoms with Crippen LogP contribution in [0.2, 0.25) is 0 Å². The van der Waals surface area contributed by atoms with Crippen LogP contribution in [0.3, 0.4) is 0 Å². The summed E-state index contributed by atoms with van der Waals surface area (Å²) in [5.41, 5.74) is -1.62. The van der Waals surface area contributed by atoms with Gasteiger partial charge in [-0.3, -0.25) is 4.79 Å². The third-order valence-electron chi connectivity index (χ3n) is 3.41. The Morgan fingerprint density at radius 3 is 2.52 bits per heavy atom. The molecule has 4 nitrogen and oxygen atoms in total. The molecular weight excluding hydrogens is 311 g/mol. The standard InChI is InChI=1S/C16H16F3NO3/c1-3-23-16(22)10(7-20-9-4-5-9)15(21)13-8(2)14(19)12(18)6-11(13)17/h6-7,9,20H,3-5H2,1-2H3/b10-7-. The molecule has 1 N–H and O–H groups in total. The topological polar surface area (TPSA) is 55.4 Å². The quantitative estimate of drug-likeness (QED) is 0.218. The molecule has 0 radical (unpaired) electrons. The first-order valence-electron chi connectivity index (χ1n) is 7.18. The van der Waals surface area contributed by atoms with E-state index in [9.17, 15) is 22.8 Å². The predicted molar refractivity (Wildman–Crippen MR) is 76.3 cm³/mol. The lowest BCUT2D eigenvalue weighted by atomic mass is 9.98. The van der Waals surface area contributed by atoms with Crippen LogP contribution >= 0.6 is 0 Å². The average Bonchev–Trinajstić information content (AvgIpc) is 3.29. The van der Waals surface area contributed by atoms with Crippen molar-refractivity contribution in [1.29, 1.82) is 0 Å². The van der Waals surface area contributed by atoms with Crippen molar-refractivity contribution in [2.45, 2.75) is 32.7 Å². The number of ketones is 1. The fourth-order valence-corrected chi connectivity index (χ4v) is 2.01. The second kappa shape index (κ2) is 6.85. The molecule has 1 aliphatic carbocycles. The number of rotatable bonds is 6. The van der Waals surface area contributed by atoms with E-state index in [-0.39, 0.29) is 18.7 Å². The van der Waals surface area contributed by atoms with Crippen LogP contribution in [-0.2, 0) is 9.53 Å². The minimum atomic E-state index is -1.39. The van der Waals surface area contributed by atoms with Gasteiger partial charge in [-0.25, -0.2) is 18.0 Å². The summed E-state index contributed by atoms with van der Waals surface area (Å²) in [6.07, 6.45) is 2.93. The van der Waals surface area contributed by atoms with Crippen LogP contribution in [0.4, 0.5) is 13.2 Å². The van der Waals surface area contributed by atoms with Gasteiger partial charge in [0.2, 0.25) is 5.78 Å². The number of ether oxygens (including phenoxy) is 1. The summed E-state index contributed by atoms with van der Waals surface area (Å²) < 4.78 is 45.5. The normalized spacial score (nSPS) is 14.6. The third kappa shape index (κ3) is 3.72. The number of carbonyl (C=O) groups excluding carboxylic acids is 2. The fraction of sp³-hybridized carbons (Fsp3) is 0.375. The van der Waals surface area contributed by atoms with E-state index in [0.717, 1.165) is 26.0 Å². The van der Waals surface area contributed by atoms with Crippen LogP contribution in [0.5, 0.6) is 0 Å². The molecule has 0 atom stereocenters. The molecule has 1 saturated carbocycles. The summed E-state index contributed by atoms with van der Waals surface area (Å²) in [5, 5.41) is 2.84. The highest BCUT2D eigenvalue weighted by atomic mass is 19.2. The highest BCUT2D eigenvalue weighted by molar-refractivity contribution is 6.24. The summed E-state index contributed by atoms with van der Waals surface area (Å²) in [5.74, 6) is -5.95. The number of hydrogen-bond acceptors (Lipinski definition) is 4. The highest BCUT2D eigenvalue weighted by Gasteiger charge is 2.29. The molecule has 0 spiro atoms. The monoisotopic (exact) mass is 327 g/mol. The van der Waals surface area contributed by atoms with E-state index in [1.54, 1.807) is 6.92 Å². The number of Topliss-reactive ketones (excluding diaryl/α,β-unsaturated/α-hetero) is 1. The van der Waals surface area contributed by atoms with E-state index >= 15 is 0 Å². The van der Waals surface area contributed by atoms with Crippen molar-refractivity contribution in [3.63, 3.8) is 0 Å². The van der Waals surface area contributed by atoms with Gasteiger partial charge in [-0.05, 0) is 26.7 Å². The maximum Gasteiger partial charge on any atom is 0.343 e. The number of halogens is 3. The van der Waals surface area contributed by atoms with Gasteiger partial charge in [-0.1, -0.05) is 0 Å². The lowest BCUT2D eigenvalue weighted by Crippen LogP contribution is -2.22. The average molecular weight is 327 g/mol. The molecule has 2 rings (SSSR count). The van der Waals surface area contributed by atoms with Crippen LogP contribution in [-0.4, -0.2) is 24.4 Å². The van der Waals surface area contributed by atoms with Crippen molar-refractivity contribution in [3.05, 3.63) is 46.4 Å². The molecule has 7 heteroatoms. The van der Waals surface area contributed by atoms with Crippen molar-refractivity contribution < 1.29 is 27.5 Å². The molecular formula is C16H16F3NO3. The lowest BCUT2D eigenvalue weighted by molar-refractivity contribution is -0.138. The second-order valence-electron chi connectivity index (χ2n) is 5.20. The number of hydrogen-bond donors (Lipinski definition) is 1. The number of carbonyl (C=O) groups is 2. The first-order valence-corrected chi connectivity index (χ1v) is 7.18. The molecule has 0 amide bonds. The zero-order valence-electron chi connectivity index (χ0n) is 12.7. The van der Waals surface area contributed by atoms with Gasteiger partial charge in [0, 0.05) is 23.9 Å². The van der Waals surface area contributed by atoms with Crippen LogP contribution in [0, 0.1) is 24.4 Å². The van der Waals surface area contributed by atoms with Gasteiger partial charge in [-0.15, -0.1) is 0 Å². The van der Waals surface area contributed by atoms with Crippen molar-refractivity contribution in [2.75, 3.05) is 6.61 Å². The Hall–Kier alpha value is -2.31. The molecule has 0 aliphatic heterocycles. The molecule has 23 heavy (non-hydrogen) atoms. The summed E-state index contributed by atoms with van der Waals surface area (Å²) in [7, 11) is 0. The molecule has 0 saturated heterocycles. The van der Waals surface area contributed by atoms with Gasteiger partial charge < -0.3 is 10.1 Å². The third-order valence-corrected chi connectivity index (χ3v) is 3.41. The Morgan fingerprint density at radius 1 is 1.30 bits per heavy atom. The molecule has 1 fully saturated rings. The first-order chi connectivity index (χ1) is 10.9. The highest BCUT2D eigenvalue weighted by Crippen LogP contribution is 2.24. The minimum absolute atomic E-state index is 0.0200. The van der Waals surface area contributed by atoms with Gasteiger partial charge in [0.25, 0.3) is 0 Å². The Bertz CT molecular complexity index is 682. The largest absolute Gasteiger partial charge is 0.462 e.